The third-order valence-electron chi connectivity index (χ3n) is 4.48. The summed E-state index contributed by atoms with van der Waals surface area (Å²) in [5.74, 6) is -0.701. The number of hydrogen-bond donors (Lipinski definition) is 2. The summed E-state index contributed by atoms with van der Waals surface area (Å²) in [6.07, 6.45) is -2.13. The average molecular weight is 406 g/mol. The molecule has 0 saturated carbocycles. The molecule has 1 aromatic heterocycles. The molecule has 0 spiro atoms. The van der Waals surface area contributed by atoms with Crippen LogP contribution in [0.1, 0.15) is 29.0 Å². The molecule has 0 aliphatic carbocycles. The van der Waals surface area contributed by atoms with E-state index >= 15 is 0 Å². The molecule has 2 aromatic carbocycles. The molecule has 28 heavy (non-hydrogen) atoms. The fourth-order valence-corrected chi connectivity index (χ4v) is 4.69. The van der Waals surface area contributed by atoms with Gasteiger partial charge in [0, 0.05) is 17.8 Å². The molecular formula is C18H16F2N4O3S. The van der Waals surface area contributed by atoms with E-state index in [-0.39, 0.29) is 5.75 Å². The van der Waals surface area contributed by atoms with Crippen molar-refractivity contribution in [2.45, 2.75) is 12.8 Å². The Bertz CT molecular complexity index is 1140. The first-order valence-corrected chi connectivity index (χ1v) is 10.1. The van der Waals surface area contributed by atoms with E-state index in [0.717, 1.165) is 0 Å². The van der Waals surface area contributed by atoms with Gasteiger partial charge in [0.25, 0.3) is 12.3 Å². The average Bonchev–Trinajstić information content (AvgIpc) is 3.24. The first-order chi connectivity index (χ1) is 13.3. The predicted octanol–water partition coefficient (Wildman–Crippen LogP) is 3.29. The second-order valence-electron chi connectivity index (χ2n) is 6.40. The number of carbonyl (C=O) groups is 1. The number of hydrogen-bond acceptors (Lipinski definition) is 4. The molecule has 1 amide bonds. The Labute approximate surface area is 159 Å². The van der Waals surface area contributed by atoms with E-state index < -0.39 is 28.2 Å². The summed E-state index contributed by atoms with van der Waals surface area (Å²) < 4.78 is 50.7. The highest BCUT2D eigenvalue weighted by Crippen LogP contribution is 2.25. The molecule has 0 radical (unpaired) electrons. The maximum atomic E-state index is 12.7. The molecule has 2 N–H and O–H groups in total. The van der Waals surface area contributed by atoms with E-state index in [1.54, 1.807) is 30.3 Å². The summed E-state index contributed by atoms with van der Waals surface area (Å²) in [6.45, 7) is 0.429. The largest absolute Gasteiger partial charge is 0.337 e. The molecule has 0 bridgehead atoms. The fourth-order valence-electron chi connectivity index (χ4n) is 3.12. The van der Waals surface area contributed by atoms with Crippen LogP contribution in [-0.4, -0.2) is 36.6 Å². The smallest absolute Gasteiger partial charge is 0.295 e. The maximum absolute atomic E-state index is 12.7. The molecule has 1 aliphatic rings. The minimum atomic E-state index is -3.28. The van der Waals surface area contributed by atoms with Crippen LogP contribution in [-0.2, 0) is 10.0 Å². The molecule has 1 fully saturated rings. The second-order valence-corrected chi connectivity index (χ2v) is 8.41. The number of aromatic nitrogens is 2. The number of anilines is 2. The number of imidazole rings is 1. The lowest BCUT2D eigenvalue weighted by Gasteiger charge is -2.17. The number of aromatic amines is 1. The number of sulfonamides is 1. The Morgan fingerprint density at radius 3 is 2.57 bits per heavy atom. The van der Waals surface area contributed by atoms with Crippen LogP contribution in [0.4, 0.5) is 20.2 Å². The van der Waals surface area contributed by atoms with Crippen molar-refractivity contribution in [1.82, 2.24) is 9.97 Å². The minimum absolute atomic E-state index is 0.124. The van der Waals surface area contributed by atoms with Crippen molar-refractivity contribution in [3.63, 3.8) is 0 Å². The number of rotatable bonds is 4. The van der Waals surface area contributed by atoms with Crippen LogP contribution in [0.5, 0.6) is 0 Å². The molecule has 0 atom stereocenters. The number of nitrogens with one attached hydrogen (secondary N) is 2. The van der Waals surface area contributed by atoms with Gasteiger partial charge in [0.15, 0.2) is 5.82 Å². The Morgan fingerprint density at radius 1 is 1.18 bits per heavy atom. The van der Waals surface area contributed by atoms with Gasteiger partial charge in [-0.3, -0.25) is 9.10 Å². The van der Waals surface area contributed by atoms with Crippen molar-refractivity contribution in [3.05, 3.63) is 53.9 Å². The van der Waals surface area contributed by atoms with E-state index in [1.165, 1.54) is 16.4 Å². The zero-order valence-corrected chi connectivity index (χ0v) is 15.3. The zero-order valence-electron chi connectivity index (χ0n) is 14.5. The van der Waals surface area contributed by atoms with Gasteiger partial charge in [0.2, 0.25) is 10.0 Å². The van der Waals surface area contributed by atoms with Crippen LogP contribution in [0, 0.1) is 0 Å². The van der Waals surface area contributed by atoms with E-state index in [0.29, 0.717) is 40.9 Å². The molecule has 7 nitrogen and oxygen atoms in total. The summed E-state index contributed by atoms with van der Waals surface area (Å²) in [4.78, 5) is 18.7. The van der Waals surface area contributed by atoms with Crippen LogP contribution in [0.3, 0.4) is 0 Å². The number of alkyl halides is 2. The van der Waals surface area contributed by atoms with E-state index in [2.05, 4.69) is 15.3 Å². The van der Waals surface area contributed by atoms with Gasteiger partial charge < -0.3 is 10.3 Å². The molecule has 4 rings (SSSR count). The molecule has 1 aliphatic heterocycles. The van der Waals surface area contributed by atoms with Gasteiger partial charge in [-0.1, -0.05) is 0 Å². The van der Waals surface area contributed by atoms with Crippen LogP contribution in [0.2, 0.25) is 0 Å². The summed E-state index contributed by atoms with van der Waals surface area (Å²) in [5, 5.41) is 2.69. The Morgan fingerprint density at radius 2 is 1.93 bits per heavy atom. The van der Waals surface area contributed by atoms with Gasteiger partial charge in [-0.2, -0.15) is 0 Å². The Kier molecular flexibility index (Phi) is 4.50. The molecule has 2 heterocycles. The lowest BCUT2D eigenvalue weighted by molar-refractivity contribution is 0.102. The van der Waals surface area contributed by atoms with Gasteiger partial charge in [0.05, 0.1) is 22.5 Å². The zero-order chi connectivity index (χ0) is 19.9. The quantitative estimate of drug-likeness (QED) is 0.695. The maximum Gasteiger partial charge on any atom is 0.295 e. The van der Waals surface area contributed by atoms with Crippen LogP contribution in [0.25, 0.3) is 11.0 Å². The summed E-state index contributed by atoms with van der Waals surface area (Å²) >= 11 is 0. The SMILES string of the molecule is O=C(Nc1ccc2nc(C(F)F)[nH]c2c1)c1ccc(N2CCCS2(=O)=O)cc1. The first-order valence-electron chi connectivity index (χ1n) is 8.53. The number of halogens is 2. The number of fused-ring (bicyclic) bond motifs is 1. The van der Waals surface area contributed by atoms with E-state index in [1.807, 2.05) is 0 Å². The number of benzene rings is 2. The van der Waals surface area contributed by atoms with Crippen molar-refractivity contribution in [3.8, 4) is 0 Å². The van der Waals surface area contributed by atoms with Crippen LogP contribution >= 0.6 is 0 Å². The van der Waals surface area contributed by atoms with Gasteiger partial charge >= 0.3 is 0 Å². The van der Waals surface area contributed by atoms with Gasteiger partial charge in [0.1, 0.15) is 0 Å². The molecule has 146 valence electrons. The molecule has 1 saturated heterocycles. The van der Waals surface area contributed by atoms with Crippen molar-refractivity contribution in [1.29, 1.82) is 0 Å². The van der Waals surface area contributed by atoms with Gasteiger partial charge in [-0.05, 0) is 48.9 Å². The molecule has 0 unspecified atom stereocenters. The monoisotopic (exact) mass is 406 g/mol. The third kappa shape index (κ3) is 3.42. The summed E-state index contributed by atoms with van der Waals surface area (Å²) in [7, 11) is -3.28. The number of carbonyl (C=O) groups excluding carboxylic acids is 1. The highest BCUT2D eigenvalue weighted by atomic mass is 32.2. The van der Waals surface area contributed by atoms with Gasteiger partial charge in [-0.25, -0.2) is 22.2 Å². The van der Waals surface area contributed by atoms with Crippen molar-refractivity contribution in [2.24, 2.45) is 0 Å². The van der Waals surface area contributed by atoms with E-state index in [4.69, 9.17) is 0 Å². The Hall–Kier alpha value is -3.01. The first kappa shape index (κ1) is 18.4. The normalized spacial score (nSPS) is 16.0. The number of nitrogens with zero attached hydrogens (tertiary/aromatic N) is 2. The fraction of sp³-hybridized carbons (Fsp3) is 0.222. The minimum Gasteiger partial charge on any atom is -0.337 e. The van der Waals surface area contributed by atoms with E-state index in [9.17, 15) is 22.0 Å². The number of amides is 1. The highest BCUT2D eigenvalue weighted by Gasteiger charge is 2.28. The highest BCUT2D eigenvalue weighted by molar-refractivity contribution is 7.93. The molecule has 3 aromatic rings. The standard InChI is InChI=1S/C18H16F2N4O3S/c19-16(20)17-22-14-7-4-12(10-15(14)23-17)21-18(25)11-2-5-13(6-3-11)24-8-1-9-28(24,26)27/h2-7,10,16H,1,8-9H2,(H,21,25)(H,22,23). The van der Waals surface area contributed by atoms with Crippen molar-refractivity contribution >= 4 is 38.3 Å². The summed E-state index contributed by atoms with van der Waals surface area (Å²) in [5.41, 5.74) is 2.06. The Balaban J connectivity index is 1.51. The van der Waals surface area contributed by atoms with Crippen molar-refractivity contribution < 1.29 is 22.0 Å². The van der Waals surface area contributed by atoms with Crippen LogP contribution in [0.15, 0.2) is 42.5 Å². The predicted molar refractivity (Wildman–Crippen MR) is 101 cm³/mol. The molecular weight excluding hydrogens is 390 g/mol. The topological polar surface area (TPSA) is 95.2 Å². The van der Waals surface area contributed by atoms with Crippen molar-refractivity contribution in [2.75, 3.05) is 21.9 Å². The summed E-state index contributed by atoms with van der Waals surface area (Å²) in [6, 6.07) is 10.9. The number of H-pyrrole nitrogens is 1. The lowest BCUT2D eigenvalue weighted by atomic mass is 10.2. The van der Waals surface area contributed by atoms with Gasteiger partial charge in [-0.15, -0.1) is 0 Å². The second kappa shape index (κ2) is 6.86. The lowest BCUT2D eigenvalue weighted by Crippen LogP contribution is -2.25. The molecule has 10 heteroatoms. The van der Waals surface area contributed by atoms with Crippen LogP contribution < -0.4 is 9.62 Å². The third-order valence-corrected chi connectivity index (χ3v) is 6.35.